The van der Waals surface area contributed by atoms with Gasteiger partial charge in [-0.1, -0.05) is 6.92 Å². The number of methoxy groups -OCH3 is 1. The van der Waals surface area contributed by atoms with Gasteiger partial charge in [0.15, 0.2) is 0 Å². The van der Waals surface area contributed by atoms with Gasteiger partial charge in [0.2, 0.25) is 0 Å². The van der Waals surface area contributed by atoms with Gasteiger partial charge in [0, 0.05) is 13.2 Å². The van der Waals surface area contributed by atoms with Gasteiger partial charge in [-0.3, -0.25) is 4.90 Å². The summed E-state index contributed by atoms with van der Waals surface area (Å²) in [4.78, 5) is 2.61. The molecular weight excluding hydrogens is 200 g/mol. The second-order valence-electron chi connectivity index (χ2n) is 4.89. The predicted octanol–water partition coefficient (Wildman–Crippen LogP) is 1.73. The number of ether oxygens (including phenoxy) is 1. The maximum Gasteiger partial charge on any atom is 0.0617 e. The minimum atomic E-state index is 0.634. The number of hydrogen-bond acceptors (Lipinski definition) is 3. The van der Waals surface area contributed by atoms with E-state index in [2.05, 4.69) is 17.1 Å². The highest BCUT2D eigenvalue weighted by Gasteiger charge is 2.23. The van der Waals surface area contributed by atoms with Crippen molar-refractivity contribution in [3.05, 3.63) is 0 Å². The number of nitrogens with one attached hydrogen (secondary N) is 1. The molecule has 1 aliphatic heterocycles. The van der Waals surface area contributed by atoms with Crippen LogP contribution < -0.4 is 5.32 Å². The molecule has 96 valence electrons. The molecule has 0 amide bonds. The quantitative estimate of drug-likeness (QED) is 0.718. The van der Waals surface area contributed by atoms with Crippen LogP contribution in [0.1, 0.15) is 32.6 Å². The Bertz CT molecular complexity index is 167. The van der Waals surface area contributed by atoms with E-state index in [9.17, 15) is 0 Å². The minimum absolute atomic E-state index is 0.634. The lowest BCUT2D eigenvalue weighted by atomic mass is 9.92. The van der Waals surface area contributed by atoms with Crippen molar-refractivity contribution in [3.8, 4) is 0 Å². The molecule has 3 heteroatoms. The Morgan fingerprint density at radius 2 is 2.06 bits per heavy atom. The third-order valence-corrected chi connectivity index (χ3v) is 3.80. The second kappa shape index (κ2) is 8.04. The van der Waals surface area contributed by atoms with Gasteiger partial charge in [-0.15, -0.1) is 0 Å². The molecule has 3 nitrogen and oxygen atoms in total. The smallest absolute Gasteiger partial charge is 0.0617 e. The van der Waals surface area contributed by atoms with Gasteiger partial charge < -0.3 is 10.1 Å². The highest BCUT2D eigenvalue weighted by Crippen LogP contribution is 2.22. The average Bonchev–Trinajstić information content (AvgIpc) is 2.34. The molecule has 0 aliphatic carbocycles. The average molecular weight is 228 g/mol. The minimum Gasteiger partial charge on any atom is -0.383 e. The third-order valence-electron chi connectivity index (χ3n) is 3.80. The van der Waals surface area contributed by atoms with Crippen molar-refractivity contribution >= 4 is 0 Å². The third kappa shape index (κ3) is 4.40. The molecule has 1 fully saturated rings. The summed E-state index contributed by atoms with van der Waals surface area (Å²) in [5.41, 5.74) is 0. The van der Waals surface area contributed by atoms with E-state index < -0.39 is 0 Å². The Labute approximate surface area is 101 Å². The van der Waals surface area contributed by atoms with E-state index in [1.54, 1.807) is 0 Å². The van der Waals surface area contributed by atoms with Crippen LogP contribution in [0.2, 0.25) is 0 Å². The van der Waals surface area contributed by atoms with Crippen molar-refractivity contribution in [2.24, 2.45) is 5.92 Å². The van der Waals surface area contributed by atoms with Crippen LogP contribution in [0, 0.1) is 5.92 Å². The first-order chi connectivity index (χ1) is 7.81. The Morgan fingerprint density at radius 1 is 1.38 bits per heavy atom. The standard InChI is InChI=1S/C13H28N2O/c1-4-13(11-16-3)15-9-6-12(7-10-15)5-8-14-2/h12-14H,4-11H2,1-3H3. The first kappa shape index (κ1) is 13.9. The summed E-state index contributed by atoms with van der Waals surface area (Å²) in [6, 6.07) is 0.634. The summed E-state index contributed by atoms with van der Waals surface area (Å²) < 4.78 is 5.29. The number of rotatable bonds is 7. The zero-order valence-electron chi connectivity index (χ0n) is 11.2. The summed E-state index contributed by atoms with van der Waals surface area (Å²) in [5, 5.41) is 3.25. The molecule has 1 aliphatic rings. The van der Waals surface area contributed by atoms with E-state index >= 15 is 0 Å². The second-order valence-corrected chi connectivity index (χ2v) is 4.89. The fourth-order valence-corrected chi connectivity index (χ4v) is 2.63. The van der Waals surface area contributed by atoms with E-state index in [4.69, 9.17) is 4.74 Å². The van der Waals surface area contributed by atoms with E-state index in [-0.39, 0.29) is 0 Å². The van der Waals surface area contributed by atoms with Crippen molar-refractivity contribution in [1.29, 1.82) is 0 Å². The molecule has 0 bridgehead atoms. The summed E-state index contributed by atoms with van der Waals surface area (Å²) in [6.07, 6.45) is 5.27. The van der Waals surface area contributed by atoms with Crippen LogP contribution in [0.4, 0.5) is 0 Å². The zero-order valence-corrected chi connectivity index (χ0v) is 11.2. The molecule has 1 rings (SSSR count). The molecule has 0 aromatic carbocycles. The summed E-state index contributed by atoms with van der Waals surface area (Å²) in [7, 11) is 3.85. The van der Waals surface area contributed by atoms with Gasteiger partial charge in [0.25, 0.3) is 0 Å². The van der Waals surface area contributed by atoms with Crippen LogP contribution in [0.15, 0.2) is 0 Å². The SMILES string of the molecule is CCC(COC)N1CCC(CCNC)CC1. The van der Waals surface area contributed by atoms with Crippen molar-refractivity contribution in [2.45, 2.75) is 38.6 Å². The normalized spacial score (nSPS) is 21.2. The highest BCUT2D eigenvalue weighted by molar-refractivity contribution is 4.78. The van der Waals surface area contributed by atoms with Gasteiger partial charge in [-0.25, -0.2) is 0 Å². The topological polar surface area (TPSA) is 24.5 Å². The van der Waals surface area contributed by atoms with Gasteiger partial charge in [0.1, 0.15) is 0 Å². The van der Waals surface area contributed by atoms with Crippen LogP contribution >= 0.6 is 0 Å². The Balaban J connectivity index is 2.24. The molecule has 0 saturated carbocycles. The Hall–Kier alpha value is -0.120. The van der Waals surface area contributed by atoms with E-state index in [0.29, 0.717) is 6.04 Å². The molecule has 1 saturated heterocycles. The van der Waals surface area contributed by atoms with Crippen LogP contribution in [-0.4, -0.2) is 51.3 Å². The number of likely N-dealkylation sites (tertiary alicyclic amines) is 1. The Kier molecular flexibility index (Phi) is 7.01. The summed E-state index contributed by atoms with van der Waals surface area (Å²) >= 11 is 0. The molecule has 1 unspecified atom stereocenters. The molecule has 0 spiro atoms. The molecular formula is C13H28N2O. The van der Waals surface area contributed by atoms with Gasteiger partial charge in [0.05, 0.1) is 6.61 Å². The molecule has 16 heavy (non-hydrogen) atoms. The molecule has 0 aromatic heterocycles. The van der Waals surface area contributed by atoms with Gasteiger partial charge in [-0.2, -0.15) is 0 Å². The molecule has 0 aromatic rings. The van der Waals surface area contributed by atoms with Crippen molar-refractivity contribution in [3.63, 3.8) is 0 Å². The van der Waals surface area contributed by atoms with Crippen LogP contribution in [0.25, 0.3) is 0 Å². The molecule has 1 N–H and O–H groups in total. The molecule has 1 atom stereocenters. The van der Waals surface area contributed by atoms with E-state index in [1.807, 2.05) is 14.2 Å². The number of nitrogens with zero attached hydrogens (tertiary/aromatic N) is 1. The molecule has 0 radical (unpaired) electrons. The van der Waals surface area contributed by atoms with Crippen molar-refractivity contribution in [1.82, 2.24) is 10.2 Å². The lowest BCUT2D eigenvalue weighted by molar-refractivity contribution is 0.0617. The van der Waals surface area contributed by atoms with Crippen LogP contribution in [-0.2, 0) is 4.74 Å². The van der Waals surface area contributed by atoms with Crippen molar-refractivity contribution in [2.75, 3.05) is 40.4 Å². The van der Waals surface area contributed by atoms with Crippen LogP contribution in [0.5, 0.6) is 0 Å². The van der Waals surface area contributed by atoms with Crippen molar-refractivity contribution < 1.29 is 4.74 Å². The maximum absolute atomic E-state index is 5.29. The maximum atomic E-state index is 5.29. The first-order valence-corrected chi connectivity index (χ1v) is 6.69. The summed E-state index contributed by atoms with van der Waals surface area (Å²) in [5.74, 6) is 0.934. The fraction of sp³-hybridized carbons (Fsp3) is 1.00. The Morgan fingerprint density at radius 3 is 2.56 bits per heavy atom. The predicted molar refractivity (Wildman–Crippen MR) is 68.8 cm³/mol. The number of hydrogen-bond donors (Lipinski definition) is 1. The lowest BCUT2D eigenvalue weighted by Crippen LogP contribution is -2.43. The molecule has 1 heterocycles. The first-order valence-electron chi connectivity index (χ1n) is 6.69. The lowest BCUT2D eigenvalue weighted by Gasteiger charge is -2.37. The van der Waals surface area contributed by atoms with Crippen LogP contribution in [0.3, 0.4) is 0 Å². The van der Waals surface area contributed by atoms with Gasteiger partial charge >= 0.3 is 0 Å². The number of piperidine rings is 1. The zero-order chi connectivity index (χ0) is 11.8. The van der Waals surface area contributed by atoms with Gasteiger partial charge in [-0.05, 0) is 58.3 Å². The largest absolute Gasteiger partial charge is 0.383 e. The monoisotopic (exact) mass is 228 g/mol. The highest BCUT2D eigenvalue weighted by atomic mass is 16.5. The van der Waals surface area contributed by atoms with E-state index in [1.165, 1.54) is 45.3 Å². The fourth-order valence-electron chi connectivity index (χ4n) is 2.63. The van der Waals surface area contributed by atoms with E-state index in [0.717, 1.165) is 12.5 Å². The summed E-state index contributed by atoms with van der Waals surface area (Å²) in [6.45, 7) is 6.83.